The highest BCUT2D eigenvalue weighted by molar-refractivity contribution is 4.85. The lowest BCUT2D eigenvalue weighted by Crippen LogP contribution is -2.28. The van der Waals surface area contributed by atoms with Gasteiger partial charge < -0.3 is 9.47 Å². The molecular weight excluding hydrogens is 104 g/mol. The first kappa shape index (κ1) is 6.05. The van der Waals surface area contributed by atoms with Gasteiger partial charge in [0.15, 0.2) is 0 Å². The first-order valence-electron chi connectivity index (χ1n) is 2.87. The molecule has 1 heterocycles. The molecule has 1 fully saturated rings. The molecule has 1 unspecified atom stereocenters. The number of hydrogen-bond acceptors (Lipinski definition) is 2. The molecule has 1 atom stereocenters. The molecule has 0 aliphatic carbocycles. The number of ether oxygens (including phenoxy) is 2. The van der Waals surface area contributed by atoms with E-state index in [1.807, 2.05) is 0 Å². The Morgan fingerprint density at radius 2 is 2.62 bits per heavy atom. The van der Waals surface area contributed by atoms with Crippen molar-refractivity contribution in [1.29, 1.82) is 0 Å². The van der Waals surface area contributed by atoms with E-state index in [0.717, 1.165) is 19.6 Å². The van der Waals surface area contributed by atoms with Gasteiger partial charge in [-0.3, -0.25) is 0 Å². The van der Waals surface area contributed by atoms with E-state index in [-0.39, 0.29) is 0 Å². The van der Waals surface area contributed by atoms with Gasteiger partial charge in [0, 0.05) is 20.1 Å². The predicted octanol–water partition coefficient (Wildman–Crippen LogP) is 0.626. The van der Waals surface area contributed by atoms with E-state index in [1.54, 1.807) is 7.11 Å². The van der Waals surface area contributed by atoms with Crippen molar-refractivity contribution >= 4 is 0 Å². The Morgan fingerprint density at radius 3 is 3.00 bits per heavy atom. The second-order valence-corrected chi connectivity index (χ2v) is 1.89. The standard InChI is InChI=1S/C6H11O2/c1-7-4-2-6-3-5-8-6/h3,6H,2,4-5H2,1H3. The Balaban J connectivity index is 1.86. The maximum atomic E-state index is 5.10. The van der Waals surface area contributed by atoms with Crippen LogP contribution in [0.1, 0.15) is 6.42 Å². The van der Waals surface area contributed by atoms with Crippen molar-refractivity contribution in [3.05, 3.63) is 6.42 Å². The van der Waals surface area contributed by atoms with Gasteiger partial charge in [-0.2, -0.15) is 0 Å². The molecule has 0 bridgehead atoms. The highest BCUT2D eigenvalue weighted by Gasteiger charge is 2.16. The third-order valence-corrected chi connectivity index (χ3v) is 1.28. The van der Waals surface area contributed by atoms with E-state index in [0.29, 0.717) is 6.10 Å². The zero-order valence-electron chi connectivity index (χ0n) is 5.09. The lowest BCUT2D eigenvalue weighted by Gasteiger charge is -2.25. The first-order valence-corrected chi connectivity index (χ1v) is 2.87. The quantitative estimate of drug-likeness (QED) is 0.537. The molecule has 0 aromatic heterocycles. The molecule has 1 aliphatic rings. The van der Waals surface area contributed by atoms with Crippen LogP contribution in [0, 0.1) is 6.42 Å². The average molecular weight is 115 g/mol. The SMILES string of the molecule is COCCC1[CH]CO1. The van der Waals surface area contributed by atoms with Crippen LogP contribution in [0.2, 0.25) is 0 Å². The maximum Gasteiger partial charge on any atom is 0.0651 e. The van der Waals surface area contributed by atoms with Crippen molar-refractivity contribution < 1.29 is 9.47 Å². The minimum atomic E-state index is 0.384. The average Bonchev–Trinajstić information content (AvgIpc) is 1.63. The van der Waals surface area contributed by atoms with Crippen molar-refractivity contribution in [3.63, 3.8) is 0 Å². The summed E-state index contributed by atoms with van der Waals surface area (Å²) in [6.07, 6.45) is 3.55. The van der Waals surface area contributed by atoms with Crippen molar-refractivity contribution in [2.75, 3.05) is 20.3 Å². The van der Waals surface area contributed by atoms with Gasteiger partial charge in [-0.1, -0.05) is 0 Å². The molecule has 0 N–H and O–H groups in total. The normalized spacial score (nSPS) is 27.4. The molecule has 1 radical (unpaired) electrons. The van der Waals surface area contributed by atoms with Crippen molar-refractivity contribution in [2.24, 2.45) is 0 Å². The molecule has 8 heavy (non-hydrogen) atoms. The summed E-state index contributed by atoms with van der Waals surface area (Å²) in [6, 6.07) is 0. The molecule has 1 aliphatic heterocycles. The van der Waals surface area contributed by atoms with Crippen LogP contribution in [0.5, 0.6) is 0 Å². The zero-order chi connectivity index (χ0) is 5.82. The Labute approximate surface area is 49.8 Å². The van der Waals surface area contributed by atoms with Crippen LogP contribution < -0.4 is 0 Å². The molecule has 0 aromatic rings. The Bertz CT molecular complexity index is 59.5. The summed E-state index contributed by atoms with van der Waals surface area (Å²) in [5, 5.41) is 0. The first-order chi connectivity index (χ1) is 3.93. The Hall–Kier alpha value is -0.0800. The van der Waals surface area contributed by atoms with Gasteiger partial charge in [-0.05, 0) is 6.42 Å². The minimum Gasteiger partial charge on any atom is -0.385 e. The third kappa shape index (κ3) is 1.46. The van der Waals surface area contributed by atoms with E-state index < -0.39 is 0 Å². The molecule has 2 heteroatoms. The molecule has 0 saturated carbocycles. The summed E-state index contributed by atoms with van der Waals surface area (Å²) in [5.41, 5.74) is 0. The smallest absolute Gasteiger partial charge is 0.0651 e. The van der Waals surface area contributed by atoms with E-state index in [9.17, 15) is 0 Å². The second kappa shape index (κ2) is 3.05. The largest absolute Gasteiger partial charge is 0.385 e. The van der Waals surface area contributed by atoms with Gasteiger partial charge >= 0.3 is 0 Å². The van der Waals surface area contributed by atoms with Crippen molar-refractivity contribution in [3.8, 4) is 0 Å². The van der Waals surface area contributed by atoms with Crippen molar-refractivity contribution in [1.82, 2.24) is 0 Å². The maximum absolute atomic E-state index is 5.10. The summed E-state index contributed by atoms with van der Waals surface area (Å²) in [7, 11) is 1.71. The van der Waals surface area contributed by atoms with Gasteiger partial charge in [0.25, 0.3) is 0 Å². The van der Waals surface area contributed by atoms with E-state index >= 15 is 0 Å². The van der Waals surface area contributed by atoms with Crippen LogP contribution in [0.3, 0.4) is 0 Å². The molecule has 0 aromatic carbocycles. The molecule has 47 valence electrons. The van der Waals surface area contributed by atoms with Gasteiger partial charge in [0.2, 0.25) is 0 Å². The summed E-state index contributed by atoms with van der Waals surface area (Å²) >= 11 is 0. The van der Waals surface area contributed by atoms with E-state index in [2.05, 4.69) is 6.42 Å². The second-order valence-electron chi connectivity index (χ2n) is 1.89. The Kier molecular flexibility index (Phi) is 2.30. The van der Waals surface area contributed by atoms with Gasteiger partial charge in [0.1, 0.15) is 0 Å². The van der Waals surface area contributed by atoms with Gasteiger partial charge in [-0.15, -0.1) is 0 Å². The van der Waals surface area contributed by atoms with Crippen LogP contribution in [0.25, 0.3) is 0 Å². The summed E-state index contributed by atoms with van der Waals surface area (Å²) in [6.45, 7) is 1.63. The van der Waals surface area contributed by atoms with Crippen LogP contribution in [0.15, 0.2) is 0 Å². The fourth-order valence-corrected chi connectivity index (χ4v) is 0.667. The Morgan fingerprint density at radius 1 is 1.88 bits per heavy atom. The molecule has 0 spiro atoms. The number of methoxy groups -OCH3 is 1. The van der Waals surface area contributed by atoms with E-state index in [1.165, 1.54) is 0 Å². The monoisotopic (exact) mass is 115 g/mol. The lowest BCUT2D eigenvalue weighted by atomic mass is 10.1. The molecule has 1 rings (SSSR count). The molecule has 0 amide bonds. The highest BCUT2D eigenvalue weighted by Crippen LogP contribution is 2.12. The fourth-order valence-electron chi connectivity index (χ4n) is 0.667. The minimum absolute atomic E-state index is 0.384. The topological polar surface area (TPSA) is 18.5 Å². The molecular formula is C6H11O2. The highest BCUT2D eigenvalue weighted by atomic mass is 16.5. The fraction of sp³-hybridized carbons (Fsp3) is 0.833. The molecule has 2 nitrogen and oxygen atoms in total. The van der Waals surface area contributed by atoms with Crippen LogP contribution in [-0.4, -0.2) is 26.4 Å². The number of rotatable bonds is 3. The van der Waals surface area contributed by atoms with Gasteiger partial charge in [0.05, 0.1) is 12.7 Å². The van der Waals surface area contributed by atoms with Gasteiger partial charge in [-0.25, -0.2) is 0 Å². The predicted molar refractivity (Wildman–Crippen MR) is 30.5 cm³/mol. The van der Waals surface area contributed by atoms with Crippen LogP contribution >= 0.6 is 0 Å². The van der Waals surface area contributed by atoms with E-state index in [4.69, 9.17) is 9.47 Å². The summed E-state index contributed by atoms with van der Waals surface area (Å²) in [4.78, 5) is 0. The lowest BCUT2D eigenvalue weighted by molar-refractivity contribution is -0.00933. The third-order valence-electron chi connectivity index (χ3n) is 1.28. The summed E-state index contributed by atoms with van der Waals surface area (Å²) in [5.74, 6) is 0. The van der Waals surface area contributed by atoms with Crippen LogP contribution in [-0.2, 0) is 9.47 Å². The number of hydrogen-bond donors (Lipinski definition) is 0. The zero-order valence-corrected chi connectivity index (χ0v) is 5.09. The van der Waals surface area contributed by atoms with Crippen LogP contribution in [0.4, 0.5) is 0 Å². The molecule has 1 saturated heterocycles. The van der Waals surface area contributed by atoms with Crippen molar-refractivity contribution in [2.45, 2.75) is 12.5 Å². The summed E-state index contributed by atoms with van der Waals surface area (Å²) < 4.78 is 9.95.